The molecular weight excluding hydrogens is 392 g/mol. The number of nitrogens with one attached hydrogen (secondary N) is 2. The van der Waals surface area contributed by atoms with Gasteiger partial charge in [0.2, 0.25) is 11.8 Å². The number of benzene rings is 2. The van der Waals surface area contributed by atoms with E-state index in [1.807, 2.05) is 18.2 Å². The highest BCUT2D eigenvalue weighted by Gasteiger charge is 2.21. The third kappa shape index (κ3) is 6.13. The lowest BCUT2D eigenvalue weighted by Gasteiger charge is -2.26. The fourth-order valence-corrected chi connectivity index (χ4v) is 3.98. The molecule has 0 radical (unpaired) electrons. The molecule has 0 unspecified atom stereocenters. The SMILES string of the molecule is COc1ccc(NC(=O)C[S@](=O)CC(=O)NC[C@@H]2OCCc3ccccc32)cc1. The molecule has 2 amide bonds. The summed E-state index contributed by atoms with van der Waals surface area (Å²) in [4.78, 5) is 24.1. The van der Waals surface area contributed by atoms with Crippen molar-refractivity contribution >= 4 is 28.3 Å². The molecule has 2 aromatic rings. The van der Waals surface area contributed by atoms with Crippen LogP contribution in [0.15, 0.2) is 48.5 Å². The Morgan fingerprint density at radius 3 is 2.59 bits per heavy atom. The third-order valence-electron chi connectivity index (χ3n) is 4.53. The first kappa shape index (κ1) is 21.0. The molecule has 29 heavy (non-hydrogen) atoms. The zero-order chi connectivity index (χ0) is 20.6. The van der Waals surface area contributed by atoms with Crippen LogP contribution in [0.5, 0.6) is 5.75 Å². The van der Waals surface area contributed by atoms with Crippen molar-refractivity contribution in [3.63, 3.8) is 0 Å². The fourth-order valence-electron chi connectivity index (χ4n) is 3.12. The second-order valence-electron chi connectivity index (χ2n) is 6.62. The van der Waals surface area contributed by atoms with Crippen LogP contribution in [0.3, 0.4) is 0 Å². The summed E-state index contributed by atoms with van der Waals surface area (Å²) in [5.41, 5.74) is 2.86. The zero-order valence-corrected chi connectivity index (χ0v) is 17.0. The van der Waals surface area contributed by atoms with Crippen molar-refractivity contribution in [2.45, 2.75) is 12.5 Å². The summed E-state index contributed by atoms with van der Waals surface area (Å²) in [6, 6.07) is 14.8. The minimum Gasteiger partial charge on any atom is -0.497 e. The standard InChI is InChI=1S/C21H24N2O5S/c1-27-17-8-6-16(7-9-17)23-21(25)14-29(26)13-20(24)22-12-19-18-5-3-2-4-15(18)10-11-28-19/h2-9,19H,10-14H2,1H3,(H,22,24)(H,23,25)/t19-,29+/m0/s1. The van der Waals surface area contributed by atoms with Crippen molar-refractivity contribution in [3.8, 4) is 5.75 Å². The summed E-state index contributed by atoms with van der Waals surface area (Å²) >= 11 is 0. The van der Waals surface area contributed by atoms with Gasteiger partial charge in [-0.3, -0.25) is 13.8 Å². The first-order valence-corrected chi connectivity index (χ1v) is 10.8. The maximum absolute atomic E-state index is 12.1. The Labute approximate surface area is 172 Å². The van der Waals surface area contributed by atoms with Crippen LogP contribution in [0.4, 0.5) is 5.69 Å². The van der Waals surface area contributed by atoms with Gasteiger partial charge in [-0.25, -0.2) is 0 Å². The number of ether oxygens (including phenoxy) is 2. The van der Waals surface area contributed by atoms with Crippen LogP contribution in [0, 0.1) is 0 Å². The van der Waals surface area contributed by atoms with Gasteiger partial charge in [0.15, 0.2) is 0 Å². The molecule has 8 heteroatoms. The molecule has 1 heterocycles. The number of carbonyl (C=O) groups excluding carboxylic acids is 2. The average molecular weight is 416 g/mol. The smallest absolute Gasteiger partial charge is 0.237 e. The van der Waals surface area contributed by atoms with Crippen molar-refractivity contribution in [1.29, 1.82) is 0 Å². The molecule has 0 bridgehead atoms. The van der Waals surface area contributed by atoms with Crippen LogP contribution in [-0.4, -0.2) is 47.8 Å². The van der Waals surface area contributed by atoms with E-state index in [9.17, 15) is 13.8 Å². The summed E-state index contributed by atoms with van der Waals surface area (Å²) in [7, 11) is -0.0445. The van der Waals surface area contributed by atoms with Crippen LogP contribution in [0.1, 0.15) is 17.2 Å². The van der Waals surface area contributed by atoms with E-state index >= 15 is 0 Å². The van der Waals surface area contributed by atoms with Gasteiger partial charge in [-0.1, -0.05) is 24.3 Å². The Kier molecular flexibility index (Phi) is 7.37. The van der Waals surface area contributed by atoms with E-state index < -0.39 is 16.7 Å². The molecule has 0 saturated heterocycles. The van der Waals surface area contributed by atoms with Gasteiger partial charge in [0, 0.05) is 23.0 Å². The zero-order valence-electron chi connectivity index (χ0n) is 16.2. The molecule has 154 valence electrons. The molecule has 1 aliphatic heterocycles. The molecular formula is C21H24N2O5S. The predicted molar refractivity (Wildman–Crippen MR) is 111 cm³/mol. The summed E-state index contributed by atoms with van der Waals surface area (Å²) in [5.74, 6) is -0.585. The maximum Gasteiger partial charge on any atom is 0.237 e. The predicted octanol–water partition coefficient (Wildman–Crippen LogP) is 1.81. The quantitative estimate of drug-likeness (QED) is 0.685. The lowest BCUT2D eigenvalue weighted by atomic mass is 9.97. The Hall–Kier alpha value is -2.71. The van der Waals surface area contributed by atoms with E-state index in [4.69, 9.17) is 9.47 Å². The van der Waals surface area contributed by atoms with Crippen molar-refractivity contribution in [1.82, 2.24) is 5.32 Å². The first-order valence-electron chi connectivity index (χ1n) is 9.30. The topological polar surface area (TPSA) is 93.7 Å². The van der Waals surface area contributed by atoms with E-state index in [0.29, 0.717) is 24.6 Å². The van der Waals surface area contributed by atoms with Crippen molar-refractivity contribution < 1.29 is 23.3 Å². The number of carbonyl (C=O) groups is 2. The summed E-state index contributed by atoms with van der Waals surface area (Å²) in [5, 5.41) is 5.41. The second kappa shape index (κ2) is 10.2. The molecule has 0 saturated carbocycles. The number of hydrogen-bond acceptors (Lipinski definition) is 5. The number of fused-ring (bicyclic) bond motifs is 1. The molecule has 0 aromatic heterocycles. The van der Waals surface area contributed by atoms with Crippen LogP contribution in [0.2, 0.25) is 0 Å². The van der Waals surface area contributed by atoms with Crippen LogP contribution < -0.4 is 15.4 Å². The van der Waals surface area contributed by atoms with Crippen LogP contribution in [0.25, 0.3) is 0 Å². The maximum atomic E-state index is 12.1. The van der Waals surface area contributed by atoms with Gasteiger partial charge in [0.25, 0.3) is 0 Å². The minimum absolute atomic E-state index is 0.212. The van der Waals surface area contributed by atoms with E-state index in [2.05, 4.69) is 16.7 Å². The van der Waals surface area contributed by atoms with Gasteiger partial charge in [-0.15, -0.1) is 0 Å². The molecule has 1 aliphatic rings. The third-order valence-corrected chi connectivity index (χ3v) is 5.70. The molecule has 0 aliphatic carbocycles. The van der Waals surface area contributed by atoms with E-state index in [-0.39, 0.29) is 23.5 Å². The largest absolute Gasteiger partial charge is 0.497 e. The lowest BCUT2D eigenvalue weighted by Crippen LogP contribution is -2.35. The number of amides is 2. The van der Waals surface area contributed by atoms with Gasteiger partial charge >= 0.3 is 0 Å². The normalized spacial score (nSPS) is 16.4. The first-order chi connectivity index (χ1) is 14.0. The Balaban J connectivity index is 1.42. The lowest BCUT2D eigenvalue weighted by molar-refractivity contribution is -0.119. The molecule has 2 atom stereocenters. The molecule has 0 spiro atoms. The fraction of sp³-hybridized carbons (Fsp3) is 0.333. The highest BCUT2D eigenvalue weighted by Crippen LogP contribution is 2.26. The number of methoxy groups -OCH3 is 1. The monoisotopic (exact) mass is 416 g/mol. The minimum atomic E-state index is -1.60. The number of hydrogen-bond donors (Lipinski definition) is 2. The van der Waals surface area contributed by atoms with Gasteiger partial charge in [0.1, 0.15) is 23.4 Å². The van der Waals surface area contributed by atoms with Gasteiger partial charge in [0.05, 0.1) is 13.7 Å². The van der Waals surface area contributed by atoms with Crippen molar-refractivity contribution in [2.75, 3.05) is 37.1 Å². The van der Waals surface area contributed by atoms with Crippen molar-refractivity contribution in [2.24, 2.45) is 0 Å². The molecule has 7 nitrogen and oxygen atoms in total. The summed E-state index contributed by atoms with van der Waals surface area (Å²) < 4.78 is 22.9. The number of rotatable bonds is 8. The molecule has 3 rings (SSSR count). The molecule has 0 fully saturated rings. The van der Waals surface area contributed by atoms with E-state index in [1.165, 1.54) is 5.56 Å². The van der Waals surface area contributed by atoms with Crippen LogP contribution in [-0.2, 0) is 31.5 Å². The summed E-state index contributed by atoms with van der Waals surface area (Å²) in [6.07, 6.45) is 0.643. The average Bonchev–Trinajstić information content (AvgIpc) is 2.72. The highest BCUT2D eigenvalue weighted by atomic mass is 32.2. The van der Waals surface area contributed by atoms with Gasteiger partial charge < -0.3 is 20.1 Å². The van der Waals surface area contributed by atoms with Gasteiger partial charge in [-0.2, -0.15) is 0 Å². The molecule has 2 aromatic carbocycles. The Morgan fingerprint density at radius 1 is 1.10 bits per heavy atom. The Morgan fingerprint density at radius 2 is 1.83 bits per heavy atom. The highest BCUT2D eigenvalue weighted by molar-refractivity contribution is 7.86. The van der Waals surface area contributed by atoms with E-state index in [1.54, 1.807) is 31.4 Å². The van der Waals surface area contributed by atoms with E-state index in [0.717, 1.165) is 12.0 Å². The van der Waals surface area contributed by atoms with Gasteiger partial charge in [-0.05, 0) is 41.8 Å². The molecule has 2 N–H and O–H groups in total. The van der Waals surface area contributed by atoms with Crippen molar-refractivity contribution in [3.05, 3.63) is 59.7 Å². The Bertz CT molecular complexity index is 885. The number of anilines is 1. The summed E-state index contributed by atoms with van der Waals surface area (Å²) in [6.45, 7) is 0.917. The second-order valence-corrected chi connectivity index (χ2v) is 8.07. The van der Waals surface area contributed by atoms with Crippen LogP contribution >= 0.6 is 0 Å².